The molecule has 0 aliphatic carbocycles. The van der Waals surface area contributed by atoms with E-state index in [0.717, 1.165) is 77.2 Å². The Labute approximate surface area is 288 Å². The van der Waals surface area contributed by atoms with Crippen LogP contribution in [0.3, 0.4) is 0 Å². The number of nitriles is 1. The fourth-order valence-electron chi connectivity index (χ4n) is 7.43. The summed E-state index contributed by atoms with van der Waals surface area (Å²) in [5.74, 6) is 0. The Morgan fingerprint density at radius 3 is 1.84 bits per heavy atom. The van der Waals surface area contributed by atoms with Gasteiger partial charge in [0.05, 0.1) is 52.5 Å². The van der Waals surface area contributed by atoms with E-state index in [4.69, 9.17) is 13.1 Å². The first-order valence-electron chi connectivity index (χ1n) is 16.2. The highest BCUT2D eigenvalue weighted by Gasteiger charge is 2.20. The molecule has 9 rings (SSSR count). The van der Waals surface area contributed by atoms with Crippen LogP contribution in [0.15, 0.2) is 152 Å². The van der Waals surface area contributed by atoms with E-state index in [1.165, 1.54) is 0 Å². The van der Waals surface area contributed by atoms with Crippen molar-refractivity contribution in [2.75, 3.05) is 0 Å². The number of aromatic nitrogens is 2. The second-order valence-corrected chi connectivity index (χ2v) is 12.2. The van der Waals surface area contributed by atoms with Gasteiger partial charge in [0, 0.05) is 27.4 Å². The Morgan fingerprint density at radius 2 is 1.08 bits per heavy atom. The summed E-state index contributed by atoms with van der Waals surface area (Å²) < 4.78 is 4.53. The highest BCUT2D eigenvalue weighted by Crippen LogP contribution is 2.44. The lowest BCUT2D eigenvalue weighted by molar-refractivity contribution is 1.17. The van der Waals surface area contributed by atoms with E-state index >= 15 is 0 Å². The van der Waals surface area contributed by atoms with Crippen LogP contribution in [0.4, 0.5) is 11.4 Å². The standard InChI is InChI=1S/C45H25N5/c1-47-30-20-24-44-39(26-30)36-14-5-8-16-41(36)49(44)31-21-22-32(37(27-31)33-11-3-7-15-40(33)48-2)34-12-4-9-17-42(34)50-43-18-10-6-13-35(43)38-25-29(28-46)19-23-45(38)50/h3-27H. The summed E-state index contributed by atoms with van der Waals surface area (Å²) in [4.78, 5) is 7.65. The largest absolute Gasteiger partial charge is 0.309 e. The lowest BCUT2D eigenvalue weighted by Gasteiger charge is -2.19. The molecule has 0 atom stereocenters. The monoisotopic (exact) mass is 635 g/mol. The van der Waals surface area contributed by atoms with E-state index in [9.17, 15) is 5.26 Å². The predicted octanol–water partition coefficient (Wildman–Crippen LogP) is 12.2. The number of fused-ring (bicyclic) bond motifs is 6. The number of hydrogen-bond acceptors (Lipinski definition) is 1. The minimum Gasteiger partial charge on any atom is -0.309 e. The third kappa shape index (κ3) is 4.31. The van der Waals surface area contributed by atoms with Crippen LogP contribution in [0.5, 0.6) is 0 Å². The molecule has 7 aromatic carbocycles. The SMILES string of the molecule is [C-]#[N+]c1ccc2c(c1)c1ccccc1n2-c1ccc(-c2ccccc2-n2c3ccccc3c3cc(C#N)ccc32)c(-c2ccccc2[N+]#[C-])c1. The van der Waals surface area contributed by atoms with Gasteiger partial charge in [-0.3, -0.25) is 0 Å². The van der Waals surface area contributed by atoms with Gasteiger partial charge in [0.25, 0.3) is 0 Å². The van der Waals surface area contributed by atoms with Crippen LogP contribution in [0.25, 0.3) is 86.9 Å². The molecule has 0 aliphatic heterocycles. The average Bonchev–Trinajstić information content (AvgIpc) is 3.69. The summed E-state index contributed by atoms with van der Waals surface area (Å²) in [7, 11) is 0. The molecule has 0 radical (unpaired) electrons. The molecule has 0 spiro atoms. The van der Waals surface area contributed by atoms with Gasteiger partial charge >= 0.3 is 0 Å². The van der Waals surface area contributed by atoms with Gasteiger partial charge in [-0.05, 0) is 82.7 Å². The molecule has 5 heteroatoms. The maximum Gasteiger partial charge on any atom is 0.194 e. The summed E-state index contributed by atoms with van der Waals surface area (Å²) in [6.45, 7) is 15.7. The molecule has 0 unspecified atom stereocenters. The van der Waals surface area contributed by atoms with E-state index in [-0.39, 0.29) is 0 Å². The number of rotatable bonds is 4. The van der Waals surface area contributed by atoms with Crippen LogP contribution in [0, 0.1) is 24.5 Å². The van der Waals surface area contributed by atoms with Gasteiger partial charge in [0.15, 0.2) is 11.4 Å². The molecule has 2 heterocycles. The zero-order valence-electron chi connectivity index (χ0n) is 26.7. The summed E-state index contributed by atoms with van der Waals surface area (Å²) in [6.07, 6.45) is 0. The van der Waals surface area contributed by atoms with Crippen LogP contribution in [0.1, 0.15) is 5.56 Å². The Morgan fingerprint density at radius 1 is 0.460 bits per heavy atom. The summed E-state index contributed by atoms with van der Waals surface area (Å²) >= 11 is 0. The van der Waals surface area contributed by atoms with Crippen molar-refractivity contribution in [2.45, 2.75) is 0 Å². The molecule has 50 heavy (non-hydrogen) atoms. The fourth-order valence-corrected chi connectivity index (χ4v) is 7.43. The third-order valence-electron chi connectivity index (χ3n) is 9.60. The van der Waals surface area contributed by atoms with Gasteiger partial charge in [0.2, 0.25) is 0 Å². The molecule has 2 aromatic heterocycles. The number of para-hydroxylation sites is 4. The summed E-state index contributed by atoms with van der Waals surface area (Å²) in [5.41, 5.74) is 11.7. The van der Waals surface area contributed by atoms with Crippen molar-refractivity contribution in [1.29, 1.82) is 5.26 Å². The maximum atomic E-state index is 9.71. The van der Waals surface area contributed by atoms with Gasteiger partial charge in [-0.1, -0.05) is 91.0 Å². The first kappa shape index (κ1) is 28.8. The molecule has 0 fully saturated rings. The minimum atomic E-state index is 0.577. The van der Waals surface area contributed by atoms with Crippen LogP contribution >= 0.6 is 0 Å². The van der Waals surface area contributed by atoms with Gasteiger partial charge in [-0.15, -0.1) is 0 Å². The molecular formula is C45H25N5. The fraction of sp³-hybridized carbons (Fsp3) is 0. The Balaban J connectivity index is 1.35. The Kier molecular flexibility index (Phi) is 6.56. The normalized spacial score (nSPS) is 11.1. The molecule has 230 valence electrons. The van der Waals surface area contributed by atoms with E-state index in [2.05, 4.69) is 91.6 Å². The molecule has 0 N–H and O–H groups in total. The second kappa shape index (κ2) is 11.4. The molecule has 0 bridgehead atoms. The summed E-state index contributed by atoms with van der Waals surface area (Å²) in [6, 6.07) is 53.3. The quantitative estimate of drug-likeness (QED) is 0.177. The van der Waals surface area contributed by atoms with Crippen LogP contribution in [-0.2, 0) is 0 Å². The van der Waals surface area contributed by atoms with Crippen molar-refractivity contribution >= 4 is 55.0 Å². The van der Waals surface area contributed by atoms with Crippen LogP contribution in [0.2, 0.25) is 0 Å². The molecular weight excluding hydrogens is 611 g/mol. The van der Waals surface area contributed by atoms with Crippen LogP contribution < -0.4 is 0 Å². The highest BCUT2D eigenvalue weighted by molar-refractivity contribution is 6.12. The number of nitrogens with zero attached hydrogens (tertiary/aromatic N) is 5. The van der Waals surface area contributed by atoms with E-state index in [1.54, 1.807) is 0 Å². The van der Waals surface area contributed by atoms with E-state index in [1.807, 2.05) is 84.9 Å². The lowest BCUT2D eigenvalue weighted by Crippen LogP contribution is -2.00. The minimum absolute atomic E-state index is 0.577. The zero-order chi connectivity index (χ0) is 33.8. The smallest absolute Gasteiger partial charge is 0.194 e. The lowest BCUT2D eigenvalue weighted by atomic mass is 9.92. The topological polar surface area (TPSA) is 42.4 Å². The first-order chi connectivity index (χ1) is 24.7. The second-order valence-electron chi connectivity index (χ2n) is 12.2. The maximum absolute atomic E-state index is 9.71. The molecule has 9 aromatic rings. The average molecular weight is 636 g/mol. The van der Waals surface area contributed by atoms with Crippen molar-refractivity contribution < 1.29 is 0 Å². The molecule has 0 amide bonds. The van der Waals surface area contributed by atoms with Gasteiger partial charge in [0.1, 0.15) is 0 Å². The van der Waals surface area contributed by atoms with Crippen molar-refractivity contribution in [3.63, 3.8) is 0 Å². The Hall–Kier alpha value is -7.39. The van der Waals surface area contributed by atoms with Crippen molar-refractivity contribution in [1.82, 2.24) is 9.13 Å². The number of hydrogen-bond donors (Lipinski definition) is 0. The van der Waals surface area contributed by atoms with E-state index < -0.39 is 0 Å². The van der Waals surface area contributed by atoms with Gasteiger partial charge < -0.3 is 9.13 Å². The summed E-state index contributed by atoms with van der Waals surface area (Å²) in [5, 5.41) is 13.9. The van der Waals surface area contributed by atoms with Crippen molar-refractivity contribution in [3.8, 4) is 39.7 Å². The zero-order valence-corrected chi connectivity index (χ0v) is 26.7. The van der Waals surface area contributed by atoms with Gasteiger partial charge in [-0.2, -0.15) is 5.26 Å². The molecule has 5 nitrogen and oxygen atoms in total. The van der Waals surface area contributed by atoms with Crippen molar-refractivity contribution in [3.05, 3.63) is 180 Å². The third-order valence-corrected chi connectivity index (χ3v) is 9.60. The molecule has 0 saturated carbocycles. The molecule has 0 aliphatic rings. The molecule has 0 saturated heterocycles. The van der Waals surface area contributed by atoms with Gasteiger partial charge in [-0.25, -0.2) is 9.69 Å². The number of benzene rings is 7. The Bertz CT molecular complexity index is 2970. The highest BCUT2D eigenvalue weighted by atomic mass is 15.0. The predicted molar refractivity (Wildman–Crippen MR) is 203 cm³/mol. The van der Waals surface area contributed by atoms with E-state index in [0.29, 0.717) is 16.9 Å². The first-order valence-corrected chi connectivity index (χ1v) is 16.2. The van der Waals surface area contributed by atoms with Crippen molar-refractivity contribution in [2.24, 2.45) is 0 Å². The van der Waals surface area contributed by atoms with Crippen LogP contribution in [-0.4, -0.2) is 9.13 Å².